The first-order chi connectivity index (χ1) is 12.7. The number of hydrogen-bond acceptors (Lipinski definition) is 4. The summed E-state index contributed by atoms with van der Waals surface area (Å²) < 4.78 is 4.95. The van der Waals surface area contributed by atoms with Gasteiger partial charge in [-0.15, -0.1) is 0 Å². The molecule has 0 bridgehead atoms. The van der Waals surface area contributed by atoms with E-state index in [1.807, 2.05) is 24.4 Å². The van der Waals surface area contributed by atoms with Gasteiger partial charge in [0, 0.05) is 11.8 Å². The van der Waals surface area contributed by atoms with Gasteiger partial charge < -0.3 is 15.0 Å². The number of anilines is 2. The summed E-state index contributed by atoms with van der Waals surface area (Å²) in [4.78, 5) is 31.3. The number of nitrogens with one attached hydrogen (secondary N) is 2. The molecule has 0 atom stereocenters. The molecule has 1 fully saturated rings. The van der Waals surface area contributed by atoms with Crippen LogP contribution in [0.25, 0.3) is 0 Å². The van der Waals surface area contributed by atoms with E-state index in [1.54, 1.807) is 36.1 Å². The van der Waals surface area contributed by atoms with Crippen LogP contribution >= 0.6 is 0 Å². The van der Waals surface area contributed by atoms with Crippen molar-refractivity contribution in [2.24, 2.45) is 0 Å². The van der Waals surface area contributed by atoms with Gasteiger partial charge in [-0.05, 0) is 37.3 Å². The molecule has 0 aliphatic carbocycles. The standard InChI is InChI=1S/C19H22N4O3/c1-2-26-18(24)15-6-8-16(9-7-15)21-19(25)23-13-11-22(12-14-23)17-5-3-4-10-20-17/h3-10H,2,11-14H2,1H3,(H,21,25)/p+1. The van der Waals surface area contributed by atoms with E-state index >= 15 is 0 Å². The van der Waals surface area contributed by atoms with E-state index in [0.29, 0.717) is 30.9 Å². The van der Waals surface area contributed by atoms with Crippen LogP contribution in [0.2, 0.25) is 0 Å². The summed E-state index contributed by atoms with van der Waals surface area (Å²) in [5.41, 5.74) is 1.12. The lowest BCUT2D eigenvalue weighted by atomic mass is 10.2. The van der Waals surface area contributed by atoms with Crippen molar-refractivity contribution in [2.75, 3.05) is 43.0 Å². The highest BCUT2D eigenvalue weighted by Gasteiger charge is 2.26. The van der Waals surface area contributed by atoms with Gasteiger partial charge in [-0.2, -0.15) is 0 Å². The highest BCUT2D eigenvalue weighted by atomic mass is 16.5. The molecule has 1 saturated heterocycles. The Bertz CT molecular complexity index is 741. The van der Waals surface area contributed by atoms with Crippen LogP contribution in [0.1, 0.15) is 17.3 Å². The Labute approximate surface area is 152 Å². The van der Waals surface area contributed by atoms with Crippen molar-refractivity contribution in [3.8, 4) is 0 Å². The first-order valence-electron chi connectivity index (χ1n) is 8.72. The summed E-state index contributed by atoms with van der Waals surface area (Å²) in [5, 5.41) is 2.87. The maximum atomic E-state index is 12.4. The average molecular weight is 355 g/mol. The number of carbonyl (C=O) groups excluding carboxylic acids is 2. The van der Waals surface area contributed by atoms with Crippen LogP contribution in [0.15, 0.2) is 48.7 Å². The summed E-state index contributed by atoms with van der Waals surface area (Å²) in [6.45, 7) is 4.95. The number of hydrogen-bond donors (Lipinski definition) is 1. The molecule has 26 heavy (non-hydrogen) atoms. The Morgan fingerprint density at radius 1 is 1.08 bits per heavy atom. The highest BCUT2D eigenvalue weighted by molar-refractivity contribution is 5.92. The lowest BCUT2D eigenvalue weighted by molar-refractivity contribution is -0.364. The third-order valence-corrected chi connectivity index (χ3v) is 4.25. The number of benzene rings is 1. The number of aromatic nitrogens is 1. The third kappa shape index (κ3) is 4.30. The number of esters is 1. The Morgan fingerprint density at radius 3 is 2.42 bits per heavy atom. The van der Waals surface area contributed by atoms with E-state index in [9.17, 15) is 9.59 Å². The molecular formula is C19H23N4O3+. The Hall–Kier alpha value is -3.09. The van der Waals surface area contributed by atoms with Crippen LogP contribution in [0.4, 0.5) is 16.3 Å². The van der Waals surface area contributed by atoms with Crippen LogP contribution in [0.3, 0.4) is 0 Å². The molecule has 0 saturated carbocycles. The molecule has 2 amide bonds. The van der Waals surface area contributed by atoms with Crippen LogP contribution < -0.4 is 15.2 Å². The number of aromatic amines is 1. The number of pyridine rings is 1. The Balaban J connectivity index is 1.52. The van der Waals surface area contributed by atoms with Crippen LogP contribution in [-0.2, 0) is 4.74 Å². The molecular weight excluding hydrogens is 332 g/mol. The van der Waals surface area contributed by atoms with Crippen LogP contribution in [0.5, 0.6) is 0 Å². The molecule has 7 nitrogen and oxygen atoms in total. The van der Waals surface area contributed by atoms with E-state index < -0.39 is 0 Å². The third-order valence-electron chi connectivity index (χ3n) is 4.25. The molecule has 136 valence electrons. The van der Waals surface area contributed by atoms with E-state index in [-0.39, 0.29) is 12.0 Å². The number of ether oxygens (including phenoxy) is 1. The Morgan fingerprint density at radius 2 is 1.81 bits per heavy atom. The first-order valence-corrected chi connectivity index (χ1v) is 8.72. The molecule has 0 spiro atoms. The van der Waals surface area contributed by atoms with Gasteiger partial charge in [0.2, 0.25) is 0 Å². The second-order valence-corrected chi connectivity index (χ2v) is 5.95. The molecule has 1 aromatic heterocycles. The SMILES string of the molecule is CCOC(=O)c1ccc(NC(=O)N2CCN(c3cccc[nH+]3)CC2)cc1. The maximum Gasteiger partial charge on any atom is 0.338 e. The predicted octanol–water partition coefficient (Wildman–Crippen LogP) is 2.03. The smallest absolute Gasteiger partial charge is 0.338 e. The molecule has 1 aliphatic rings. The van der Waals surface area contributed by atoms with E-state index in [2.05, 4.69) is 15.2 Å². The van der Waals surface area contributed by atoms with E-state index in [0.717, 1.165) is 18.9 Å². The summed E-state index contributed by atoms with van der Waals surface area (Å²) in [5.74, 6) is 0.696. The summed E-state index contributed by atoms with van der Waals surface area (Å²) >= 11 is 0. The number of rotatable bonds is 4. The predicted molar refractivity (Wildman–Crippen MR) is 98.2 cm³/mol. The largest absolute Gasteiger partial charge is 0.462 e. The molecule has 1 aromatic carbocycles. The van der Waals surface area contributed by atoms with Gasteiger partial charge in [0.15, 0.2) is 0 Å². The summed E-state index contributed by atoms with van der Waals surface area (Å²) in [7, 11) is 0. The number of nitrogens with zero attached hydrogens (tertiary/aromatic N) is 2. The number of H-pyrrole nitrogens is 1. The zero-order chi connectivity index (χ0) is 18.4. The van der Waals surface area contributed by atoms with Gasteiger partial charge in [-0.25, -0.2) is 14.6 Å². The topological polar surface area (TPSA) is 76.0 Å². The molecule has 2 heterocycles. The zero-order valence-corrected chi connectivity index (χ0v) is 14.8. The molecule has 3 rings (SSSR count). The summed E-state index contributed by atoms with van der Waals surface area (Å²) in [6.07, 6.45) is 1.90. The van der Waals surface area contributed by atoms with Crippen molar-refractivity contribution in [3.63, 3.8) is 0 Å². The van der Waals surface area contributed by atoms with Gasteiger partial charge in [-0.1, -0.05) is 6.07 Å². The van der Waals surface area contributed by atoms with Gasteiger partial charge in [-0.3, -0.25) is 4.90 Å². The molecule has 2 aromatic rings. The lowest BCUT2D eigenvalue weighted by Crippen LogP contribution is -2.51. The molecule has 1 aliphatic heterocycles. The normalized spacial score (nSPS) is 14.0. The van der Waals surface area contributed by atoms with Crippen molar-refractivity contribution < 1.29 is 19.3 Å². The second kappa shape index (κ2) is 8.33. The quantitative estimate of drug-likeness (QED) is 0.852. The fraction of sp³-hybridized carbons (Fsp3) is 0.316. The highest BCUT2D eigenvalue weighted by Crippen LogP contribution is 2.14. The minimum atomic E-state index is -0.362. The van der Waals surface area contributed by atoms with Gasteiger partial charge >= 0.3 is 12.0 Å². The molecule has 7 heteroatoms. The van der Waals surface area contributed by atoms with Crippen LogP contribution in [0, 0.1) is 0 Å². The number of piperazine rings is 1. The molecule has 0 radical (unpaired) electrons. The fourth-order valence-corrected chi connectivity index (χ4v) is 2.84. The van der Waals surface area contributed by atoms with Gasteiger partial charge in [0.25, 0.3) is 5.82 Å². The number of amides is 2. The monoisotopic (exact) mass is 355 g/mol. The Kier molecular flexibility index (Phi) is 5.68. The van der Waals surface area contributed by atoms with E-state index in [4.69, 9.17) is 4.74 Å². The number of carbonyl (C=O) groups is 2. The van der Waals surface area contributed by atoms with E-state index in [1.165, 1.54) is 0 Å². The van der Waals surface area contributed by atoms with Crippen molar-refractivity contribution >= 4 is 23.5 Å². The van der Waals surface area contributed by atoms with Crippen molar-refractivity contribution in [2.45, 2.75) is 6.92 Å². The van der Waals surface area contributed by atoms with Crippen molar-refractivity contribution in [1.82, 2.24) is 4.90 Å². The fourth-order valence-electron chi connectivity index (χ4n) is 2.84. The minimum Gasteiger partial charge on any atom is -0.462 e. The van der Waals surface area contributed by atoms with Crippen molar-refractivity contribution in [3.05, 3.63) is 54.2 Å². The van der Waals surface area contributed by atoms with Gasteiger partial charge in [0.1, 0.15) is 13.1 Å². The van der Waals surface area contributed by atoms with Crippen molar-refractivity contribution in [1.29, 1.82) is 0 Å². The van der Waals surface area contributed by atoms with Crippen LogP contribution in [-0.4, -0.2) is 49.7 Å². The summed E-state index contributed by atoms with van der Waals surface area (Å²) in [6, 6.07) is 12.5. The molecule has 0 unspecified atom stereocenters. The maximum absolute atomic E-state index is 12.4. The lowest BCUT2D eigenvalue weighted by Gasteiger charge is -2.31. The first kappa shape index (κ1) is 17.7. The number of urea groups is 1. The van der Waals surface area contributed by atoms with Gasteiger partial charge in [0.05, 0.1) is 31.5 Å². The molecule has 2 N–H and O–H groups in total. The zero-order valence-electron chi connectivity index (χ0n) is 14.8. The second-order valence-electron chi connectivity index (χ2n) is 5.95. The average Bonchev–Trinajstić information content (AvgIpc) is 2.69. The minimum absolute atomic E-state index is 0.134.